The molecule has 56 heavy (non-hydrogen) atoms. The highest BCUT2D eigenvalue weighted by Crippen LogP contribution is 2.43. The van der Waals surface area contributed by atoms with Crippen molar-refractivity contribution in [2.45, 2.75) is 166 Å². The summed E-state index contributed by atoms with van der Waals surface area (Å²) in [5.74, 6) is 0. The van der Waals surface area contributed by atoms with Crippen molar-refractivity contribution in [3.05, 3.63) is 139 Å². The van der Waals surface area contributed by atoms with E-state index in [0.717, 1.165) is 0 Å². The smallest absolute Gasteiger partial charge is 0.00748 e. The Hall–Kier alpha value is -3.48. The lowest BCUT2D eigenvalue weighted by atomic mass is 9.74. The molecular formula is C56H82. The normalized spacial score (nSPS) is 18.0. The molecule has 0 aromatic carbocycles. The van der Waals surface area contributed by atoms with Crippen molar-refractivity contribution in [3.63, 3.8) is 0 Å². The fourth-order valence-corrected chi connectivity index (χ4v) is 6.32. The van der Waals surface area contributed by atoms with Crippen LogP contribution in [-0.4, -0.2) is 0 Å². The quantitative estimate of drug-likeness (QED) is 0.216. The molecule has 0 radical (unpaired) electrons. The van der Waals surface area contributed by atoms with E-state index >= 15 is 0 Å². The zero-order valence-corrected chi connectivity index (χ0v) is 40.8. The predicted molar refractivity (Wildman–Crippen MR) is 251 cm³/mol. The van der Waals surface area contributed by atoms with Gasteiger partial charge in [0.15, 0.2) is 0 Å². The molecule has 0 aliphatic heterocycles. The average molecular weight is 755 g/mol. The second kappa shape index (κ2) is 16.8. The highest BCUT2D eigenvalue weighted by Gasteiger charge is 2.30. The highest BCUT2D eigenvalue weighted by atomic mass is 14.3. The minimum absolute atomic E-state index is 0.147. The highest BCUT2D eigenvalue weighted by molar-refractivity contribution is 5.64. The Morgan fingerprint density at radius 3 is 1.16 bits per heavy atom. The van der Waals surface area contributed by atoms with Gasteiger partial charge in [-0.1, -0.05) is 184 Å². The molecule has 0 heterocycles. The lowest BCUT2D eigenvalue weighted by molar-refractivity contribution is 0.449. The number of rotatable bonds is 0. The van der Waals surface area contributed by atoms with Crippen molar-refractivity contribution in [2.24, 2.45) is 43.3 Å². The van der Waals surface area contributed by atoms with Crippen LogP contribution in [0.4, 0.5) is 0 Å². The van der Waals surface area contributed by atoms with Gasteiger partial charge in [-0.25, -0.2) is 0 Å². The molecule has 306 valence electrons. The average Bonchev–Trinajstić information content (AvgIpc) is 3.81. The van der Waals surface area contributed by atoms with Crippen molar-refractivity contribution in [1.29, 1.82) is 0 Å². The van der Waals surface area contributed by atoms with E-state index in [4.69, 9.17) is 0 Å². The summed E-state index contributed by atoms with van der Waals surface area (Å²) in [6.07, 6.45) is 21.9. The van der Waals surface area contributed by atoms with Gasteiger partial charge in [-0.05, 0) is 125 Å². The third-order valence-corrected chi connectivity index (χ3v) is 10.2. The molecule has 0 spiro atoms. The molecule has 5 aliphatic rings. The van der Waals surface area contributed by atoms with E-state index in [9.17, 15) is 0 Å². The molecule has 5 rings (SSSR count). The van der Waals surface area contributed by atoms with Crippen LogP contribution in [0.25, 0.3) is 0 Å². The van der Waals surface area contributed by atoms with Crippen molar-refractivity contribution in [3.8, 4) is 0 Å². The Morgan fingerprint density at radius 2 is 0.839 bits per heavy atom. The van der Waals surface area contributed by atoms with Gasteiger partial charge in [0, 0.05) is 16.7 Å². The monoisotopic (exact) mass is 755 g/mol. The van der Waals surface area contributed by atoms with Gasteiger partial charge < -0.3 is 0 Å². The van der Waals surface area contributed by atoms with E-state index in [1.54, 1.807) is 0 Å². The molecule has 0 N–H and O–H groups in total. The molecular weight excluding hydrogens is 673 g/mol. The van der Waals surface area contributed by atoms with E-state index in [1.807, 2.05) is 6.08 Å². The van der Waals surface area contributed by atoms with E-state index in [2.05, 4.69) is 244 Å². The summed E-state index contributed by atoms with van der Waals surface area (Å²) < 4.78 is 0. The molecule has 0 bridgehead atoms. The second-order valence-electron chi connectivity index (χ2n) is 24.3. The molecule has 0 aromatic rings. The lowest BCUT2D eigenvalue weighted by Crippen LogP contribution is -2.18. The fourth-order valence-electron chi connectivity index (χ4n) is 6.32. The van der Waals surface area contributed by atoms with Gasteiger partial charge in [0.2, 0.25) is 0 Å². The van der Waals surface area contributed by atoms with Crippen LogP contribution in [0.1, 0.15) is 166 Å². The third-order valence-electron chi connectivity index (χ3n) is 10.2. The van der Waals surface area contributed by atoms with E-state index < -0.39 is 0 Å². The second-order valence-corrected chi connectivity index (χ2v) is 24.3. The Bertz CT molecular complexity index is 1920. The van der Waals surface area contributed by atoms with Crippen molar-refractivity contribution in [2.75, 3.05) is 0 Å². The van der Waals surface area contributed by atoms with Crippen molar-refractivity contribution < 1.29 is 0 Å². The van der Waals surface area contributed by atoms with Crippen LogP contribution in [0.2, 0.25) is 0 Å². The van der Waals surface area contributed by atoms with E-state index in [-0.39, 0.29) is 43.3 Å². The maximum absolute atomic E-state index is 3.65. The molecule has 0 saturated heterocycles. The molecule has 0 aromatic heterocycles. The van der Waals surface area contributed by atoms with Crippen LogP contribution in [0.15, 0.2) is 139 Å². The molecule has 0 heteroatoms. The molecule has 0 amide bonds. The van der Waals surface area contributed by atoms with Crippen molar-refractivity contribution in [1.82, 2.24) is 0 Å². The van der Waals surface area contributed by atoms with Crippen LogP contribution in [0, 0.1) is 43.3 Å². The summed E-state index contributed by atoms with van der Waals surface area (Å²) in [6, 6.07) is 0. The summed E-state index contributed by atoms with van der Waals surface area (Å²) >= 11 is 0. The van der Waals surface area contributed by atoms with Crippen LogP contribution in [0.5, 0.6) is 0 Å². The largest absolute Gasteiger partial charge is 0.116 e. The maximum Gasteiger partial charge on any atom is 0.00748 e. The van der Waals surface area contributed by atoms with E-state index in [0.29, 0.717) is 0 Å². The first-order valence-corrected chi connectivity index (χ1v) is 21.0. The third kappa shape index (κ3) is 13.9. The number of hydrogen-bond donors (Lipinski definition) is 0. The van der Waals surface area contributed by atoms with Gasteiger partial charge in [0.25, 0.3) is 0 Å². The van der Waals surface area contributed by atoms with E-state index in [1.165, 1.54) is 55.7 Å². The summed E-state index contributed by atoms with van der Waals surface area (Å²) in [7, 11) is 0. The summed E-state index contributed by atoms with van der Waals surface area (Å²) in [5.41, 5.74) is 29.0. The van der Waals surface area contributed by atoms with Crippen LogP contribution >= 0.6 is 0 Å². The number of allylic oxidation sites excluding steroid dienone is 16. The van der Waals surface area contributed by atoms with Crippen molar-refractivity contribution >= 4 is 0 Å². The molecule has 0 saturated carbocycles. The minimum atomic E-state index is 0.147. The first-order valence-electron chi connectivity index (χ1n) is 21.0. The Kier molecular flexibility index (Phi) is 14.6. The molecule has 0 unspecified atom stereocenters. The van der Waals surface area contributed by atoms with Crippen LogP contribution in [-0.2, 0) is 0 Å². The van der Waals surface area contributed by atoms with Gasteiger partial charge in [-0.3, -0.25) is 0 Å². The van der Waals surface area contributed by atoms with Gasteiger partial charge in [0.1, 0.15) is 0 Å². The number of hydrogen-bond acceptors (Lipinski definition) is 0. The zero-order chi connectivity index (χ0) is 43.7. The van der Waals surface area contributed by atoms with Gasteiger partial charge >= 0.3 is 0 Å². The SMILES string of the molecule is CC(C)(C)C1=C=C(C(C)(C)C)C2=CC=CC2=C1.CC(C)(C)C1=C=C(C(C)(C)C)C=C1.CC(C)(C)C1=C=CC(C(C)(C)C)=C1.CC(C)(C)C1=C=CC=C1C(C)(C)C. The Balaban J connectivity index is 0.000000260. The fraction of sp³-hybridized carbons (Fsp3) is 0.571. The summed E-state index contributed by atoms with van der Waals surface area (Å²) in [5, 5.41) is 0. The first-order chi connectivity index (χ1) is 24.8. The predicted octanol–water partition coefficient (Wildman–Crippen LogP) is 17.3. The first kappa shape index (κ1) is 48.7. The molecule has 0 fully saturated rings. The van der Waals surface area contributed by atoms with Gasteiger partial charge in [0.05, 0.1) is 0 Å². The standard InChI is InChI=1S/C17H22.3C13H20/c1-16(2,3)13-10-12-8-7-9-14(12)15(11-13)17(4,5)6;2*1-12(2,3)10-7-8-11(9-10)13(4,5)6;1-12(2,3)10-8-7-9-11(10)13(4,5)6/h7-10H,1-6H3;7,9H,1-6H3;2*7-8H,1-6H3. The Morgan fingerprint density at radius 1 is 0.375 bits per heavy atom. The molecule has 0 atom stereocenters. The van der Waals surface area contributed by atoms with Gasteiger partial charge in [-0.2, -0.15) is 0 Å². The topological polar surface area (TPSA) is 0 Å². The minimum Gasteiger partial charge on any atom is -0.116 e. The lowest BCUT2D eigenvalue weighted by Gasteiger charge is -2.30. The molecule has 0 nitrogen and oxygen atoms in total. The zero-order valence-electron chi connectivity index (χ0n) is 40.8. The van der Waals surface area contributed by atoms with Gasteiger partial charge in [-0.15, -0.1) is 22.9 Å². The summed E-state index contributed by atoms with van der Waals surface area (Å²) in [6.45, 7) is 53.8. The Labute approximate surface area is 347 Å². The summed E-state index contributed by atoms with van der Waals surface area (Å²) in [4.78, 5) is 0. The van der Waals surface area contributed by atoms with Crippen LogP contribution < -0.4 is 0 Å². The maximum atomic E-state index is 3.65. The number of fused-ring (bicyclic) bond motifs is 1. The molecule has 5 aliphatic carbocycles. The van der Waals surface area contributed by atoms with Crippen LogP contribution in [0.3, 0.4) is 0 Å².